The van der Waals surface area contributed by atoms with E-state index < -0.39 is 47.9 Å². The summed E-state index contributed by atoms with van der Waals surface area (Å²) in [6.07, 6.45) is 2.69. The Kier molecular flexibility index (Phi) is 9.02. The van der Waals surface area contributed by atoms with Crippen molar-refractivity contribution in [3.05, 3.63) is 0 Å². The largest absolute Gasteiger partial charge is 0.480 e. The number of rotatable bonds is 10. The quantitative estimate of drug-likeness (QED) is 0.164. The summed E-state index contributed by atoms with van der Waals surface area (Å²) in [6.45, 7) is 1.30. The number of aliphatic carboxylic acids is 2. The van der Waals surface area contributed by atoms with Crippen LogP contribution in [0.25, 0.3) is 0 Å². The third-order valence-electron chi connectivity index (χ3n) is 4.66. The van der Waals surface area contributed by atoms with Gasteiger partial charge in [-0.3, -0.25) is 19.3 Å². The second-order valence-corrected chi connectivity index (χ2v) is 9.26. The van der Waals surface area contributed by atoms with Crippen molar-refractivity contribution in [1.29, 1.82) is 0 Å². The van der Waals surface area contributed by atoms with Gasteiger partial charge in [-0.1, -0.05) is 21.6 Å². The second kappa shape index (κ2) is 11.0. The molecular formula is C16H26N4O6S2. The third-order valence-corrected chi connectivity index (χ3v) is 7.09. The first-order valence-corrected chi connectivity index (χ1v) is 11.6. The van der Waals surface area contributed by atoms with Gasteiger partial charge >= 0.3 is 11.9 Å². The molecule has 0 saturated carbocycles. The number of carboxylic acid groups (broad SMARTS) is 2. The van der Waals surface area contributed by atoms with Gasteiger partial charge in [0.1, 0.15) is 12.1 Å². The standard InChI is InChI=1S/C16H26N4O6S2/c17-9(15(23)24)7-27-28-8-12(16(25)26)20(13(21)10-3-1-5-18-10)14(22)11-4-2-6-19-11/h9-12,18-19H,1-8,17H2,(H,23,24)(H,25,26)/t9-,10-,11-,12-/m0/s1. The predicted molar refractivity (Wildman–Crippen MR) is 106 cm³/mol. The van der Waals surface area contributed by atoms with E-state index in [0.717, 1.165) is 39.3 Å². The van der Waals surface area contributed by atoms with Crippen LogP contribution < -0.4 is 16.4 Å². The first-order valence-electron chi connectivity index (χ1n) is 9.12. The minimum atomic E-state index is -1.33. The molecule has 0 radical (unpaired) electrons. The van der Waals surface area contributed by atoms with Gasteiger partial charge in [0.15, 0.2) is 0 Å². The summed E-state index contributed by atoms with van der Waals surface area (Å²) in [6, 6.07) is -3.52. The molecule has 28 heavy (non-hydrogen) atoms. The Bertz CT molecular complexity index is 568. The number of hydrogen-bond donors (Lipinski definition) is 5. The molecule has 0 aromatic carbocycles. The van der Waals surface area contributed by atoms with Crippen LogP contribution >= 0.6 is 21.6 Å². The number of imide groups is 1. The topological polar surface area (TPSA) is 162 Å². The van der Waals surface area contributed by atoms with E-state index >= 15 is 0 Å². The van der Waals surface area contributed by atoms with Crippen LogP contribution in [-0.4, -0.2) is 87.6 Å². The van der Waals surface area contributed by atoms with Gasteiger partial charge in [0.25, 0.3) is 0 Å². The summed E-state index contributed by atoms with van der Waals surface area (Å²) >= 11 is 0. The van der Waals surface area contributed by atoms with E-state index in [1.807, 2.05) is 0 Å². The SMILES string of the molecule is N[C@@H](CSSC[C@@H](C(=O)O)N(C(=O)[C@@H]1CCCN1)C(=O)[C@@H]1CCCN1)C(=O)O. The molecule has 2 fully saturated rings. The van der Waals surface area contributed by atoms with Crippen LogP contribution in [0.5, 0.6) is 0 Å². The van der Waals surface area contributed by atoms with Crippen molar-refractivity contribution in [2.75, 3.05) is 24.6 Å². The van der Waals surface area contributed by atoms with Gasteiger partial charge in [-0.05, 0) is 38.8 Å². The molecule has 2 heterocycles. The van der Waals surface area contributed by atoms with Gasteiger partial charge < -0.3 is 26.6 Å². The van der Waals surface area contributed by atoms with E-state index in [2.05, 4.69) is 10.6 Å². The Balaban J connectivity index is 2.09. The summed E-state index contributed by atoms with van der Waals surface area (Å²) in [4.78, 5) is 49.5. The first kappa shape index (κ1) is 22.9. The molecule has 0 unspecified atom stereocenters. The molecule has 0 bridgehead atoms. The smallest absolute Gasteiger partial charge is 0.327 e. The zero-order valence-electron chi connectivity index (χ0n) is 15.3. The van der Waals surface area contributed by atoms with Gasteiger partial charge in [0.05, 0.1) is 12.1 Å². The van der Waals surface area contributed by atoms with E-state index in [0.29, 0.717) is 25.9 Å². The zero-order valence-corrected chi connectivity index (χ0v) is 17.0. The van der Waals surface area contributed by atoms with Crippen molar-refractivity contribution in [2.24, 2.45) is 5.73 Å². The average molecular weight is 435 g/mol. The Hall–Kier alpha value is -1.34. The number of hydrogen-bond acceptors (Lipinski definition) is 9. The fourth-order valence-corrected chi connectivity index (χ4v) is 5.41. The van der Waals surface area contributed by atoms with Gasteiger partial charge in [-0.25, -0.2) is 4.79 Å². The highest BCUT2D eigenvalue weighted by molar-refractivity contribution is 8.76. The lowest BCUT2D eigenvalue weighted by molar-refractivity contribution is -0.158. The highest BCUT2D eigenvalue weighted by Gasteiger charge is 2.42. The Labute approximate surface area is 170 Å². The molecule has 0 aliphatic carbocycles. The van der Waals surface area contributed by atoms with Crippen LogP contribution in [0, 0.1) is 0 Å². The van der Waals surface area contributed by atoms with E-state index in [-0.39, 0.29) is 11.5 Å². The molecular weight excluding hydrogens is 408 g/mol. The molecule has 2 aliphatic rings. The maximum atomic E-state index is 13.0. The van der Waals surface area contributed by atoms with Crippen molar-refractivity contribution in [2.45, 2.75) is 49.9 Å². The molecule has 2 saturated heterocycles. The summed E-state index contributed by atoms with van der Waals surface area (Å²) in [7, 11) is 2.20. The van der Waals surface area contributed by atoms with Crippen LogP contribution in [-0.2, 0) is 19.2 Å². The van der Waals surface area contributed by atoms with Crippen molar-refractivity contribution >= 4 is 45.3 Å². The fraction of sp³-hybridized carbons (Fsp3) is 0.750. The van der Waals surface area contributed by atoms with Crippen molar-refractivity contribution in [3.8, 4) is 0 Å². The van der Waals surface area contributed by atoms with Gasteiger partial charge in [-0.2, -0.15) is 0 Å². The summed E-state index contributed by atoms with van der Waals surface area (Å²) in [5.74, 6) is -3.41. The Morgan fingerprint density at radius 1 is 0.929 bits per heavy atom. The molecule has 2 amide bonds. The lowest BCUT2D eigenvalue weighted by atomic mass is 10.1. The lowest BCUT2D eigenvalue weighted by Crippen LogP contribution is -2.58. The highest BCUT2D eigenvalue weighted by atomic mass is 33.1. The number of carboxylic acids is 2. The molecule has 0 aromatic rings. The summed E-state index contributed by atoms with van der Waals surface area (Å²) < 4.78 is 0. The number of nitrogens with one attached hydrogen (secondary N) is 2. The molecule has 158 valence electrons. The van der Waals surface area contributed by atoms with E-state index in [4.69, 9.17) is 10.8 Å². The van der Waals surface area contributed by atoms with Crippen LogP contribution in [0.1, 0.15) is 25.7 Å². The van der Waals surface area contributed by atoms with E-state index in [9.17, 15) is 24.3 Å². The fourth-order valence-electron chi connectivity index (χ4n) is 3.10. The number of nitrogens with two attached hydrogens (primary N) is 1. The monoisotopic (exact) mass is 434 g/mol. The molecule has 12 heteroatoms. The van der Waals surface area contributed by atoms with Gasteiger partial charge in [0.2, 0.25) is 11.8 Å². The zero-order chi connectivity index (χ0) is 20.7. The molecule has 0 spiro atoms. The predicted octanol–water partition coefficient (Wildman–Crippen LogP) is -0.908. The van der Waals surface area contributed by atoms with Crippen LogP contribution in [0.4, 0.5) is 0 Å². The molecule has 6 N–H and O–H groups in total. The highest BCUT2D eigenvalue weighted by Crippen LogP contribution is 2.26. The summed E-state index contributed by atoms with van der Waals surface area (Å²) in [5.41, 5.74) is 5.43. The van der Waals surface area contributed by atoms with Crippen LogP contribution in [0.2, 0.25) is 0 Å². The number of carbonyl (C=O) groups is 4. The molecule has 10 nitrogen and oxygen atoms in total. The number of amides is 2. The average Bonchev–Trinajstić information content (AvgIpc) is 3.36. The van der Waals surface area contributed by atoms with Gasteiger partial charge in [0, 0.05) is 11.5 Å². The van der Waals surface area contributed by atoms with Gasteiger partial charge in [-0.15, -0.1) is 0 Å². The molecule has 2 aliphatic heterocycles. The first-order chi connectivity index (χ1) is 13.3. The maximum Gasteiger partial charge on any atom is 0.327 e. The van der Waals surface area contributed by atoms with Crippen molar-refractivity contribution in [3.63, 3.8) is 0 Å². The number of nitrogens with zero attached hydrogens (tertiary/aromatic N) is 1. The van der Waals surface area contributed by atoms with E-state index in [1.165, 1.54) is 0 Å². The molecule has 4 atom stereocenters. The normalized spacial score (nSPS) is 23.9. The molecule has 2 rings (SSSR count). The minimum Gasteiger partial charge on any atom is -0.480 e. The Morgan fingerprint density at radius 3 is 1.82 bits per heavy atom. The van der Waals surface area contributed by atoms with Crippen molar-refractivity contribution in [1.82, 2.24) is 15.5 Å². The Morgan fingerprint density at radius 2 is 1.43 bits per heavy atom. The van der Waals surface area contributed by atoms with Crippen molar-refractivity contribution < 1.29 is 29.4 Å². The lowest BCUT2D eigenvalue weighted by Gasteiger charge is -2.31. The molecule has 0 aromatic heterocycles. The van der Waals surface area contributed by atoms with E-state index in [1.54, 1.807) is 0 Å². The maximum absolute atomic E-state index is 13.0. The number of carbonyl (C=O) groups excluding carboxylic acids is 2. The van der Waals surface area contributed by atoms with Crippen LogP contribution in [0.3, 0.4) is 0 Å². The summed E-state index contributed by atoms with van der Waals surface area (Å²) in [5, 5.41) is 24.5. The van der Waals surface area contributed by atoms with Crippen LogP contribution in [0.15, 0.2) is 0 Å². The third kappa shape index (κ3) is 6.08. The second-order valence-electron chi connectivity index (χ2n) is 6.71. The minimum absolute atomic E-state index is 0.0523.